The highest BCUT2D eigenvalue weighted by atomic mass is 16.2. The molecule has 3 nitrogen and oxygen atoms in total. The highest BCUT2D eigenvalue weighted by Crippen LogP contribution is 2.34. The molecule has 0 heterocycles. The zero-order valence-electron chi connectivity index (χ0n) is 11.3. The highest BCUT2D eigenvalue weighted by Gasteiger charge is 2.34. The minimum absolute atomic E-state index is 0.178. The summed E-state index contributed by atoms with van der Waals surface area (Å²) in [6, 6.07) is 0. The molecule has 0 aromatic carbocycles. The monoisotopic (exact) mass is 228 g/mol. The van der Waals surface area contributed by atoms with Gasteiger partial charge in [-0.15, -0.1) is 0 Å². The van der Waals surface area contributed by atoms with Gasteiger partial charge in [-0.2, -0.15) is 0 Å². The van der Waals surface area contributed by atoms with Crippen LogP contribution in [0.15, 0.2) is 0 Å². The van der Waals surface area contributed by atoms with Crippen LogP contribution in [-0.4, -0.2) is 19.0 Å². The zero-order valence-corrected chi connectivity index (χ0v) is 11.3. The van der Waals surface area contributed by atoms with E-state index in [4.69, 9.17) is 5.73 Å². The second kappa shape index (κ2) is 7.66. The predicted molar refractivity (Wildman–Crippen MR) is 69.2 cm³/mol. The molecule has 16 heavy (non-hydrogen) atoms. The normalized spacial score (nSPS) is 11.9. The Kier molecular flexibility index (Phi) is 7.39. The summed E-state index contributed by atoms with van der Waals surface area (Å²) in [5.41, 5.74) is 5.24. The summed E-state index contributed by atoms with van der Waals surface area (Å²) in [6.45, 7) is 9.90. The second-order valence-electron chi connectivity index (χ2n) is 4.98. The molecular weight excluding hydrogens is 200 g/mol. The average molecular weight is 228 g/mol. The molecule has 3 heteroatoms. The molecule has 0 aromatic rings. The Hall–Kier alpha value is -0.570. The van der Waals surface area contributed by atoms with Crippen molar-refractivity contribution in [2.24, 2.45) is 17.1 Å². The van der Waals surface area contributed by atoms with E-state index >= 15 is 0 Å². The van der Waals surface area contributed by atoms with Gasteiger partial charge in [0.25, 0.3) is 0 Å². The van der Waals surface area contributed by atoms with Gasteiger partial charge < -0.3 is 11.1 Å². The lowest BCUT2D eigenvalue weighted by atomic mass is 9.75. The fraction of sp³-hybridized carbons (Fsp3) is 0.923. The quantitative estimate of drug-likeness (QED) is 0.626. The van der Waals surface area contributed by atoms with Gasteiger partial charge in [0, 0.05) is 12.0 Å². The molecule has 0 saturated carbocycles. The van der Waals surface area contributed by atoms with Crippen molar-refractivity contribution in [3.8, 4) is 0 Å². The van der Waals surface area contributed by atoms with Crippen molar-refractivity contribution in [3.63, 3.8) is 0 Å². The van der Waals surface area contributed by atoms with Gasteiger partial charge in [-0.25, -0.2) is 0 Å². The van der Waals surface area contributed by atoms with Crippen LogP contribution in [0.4, 0.5) is 0 Å². The van der Waals surface area contributed by atoms with Crippen LogP contribution in [-0.2, 0) is 4.79 Å². The molecule has 3 N–H and O–H groups in total. The molecule has 0 aliphatic carbocycles. The molecule has 0 aliphatic heterocycles. The Bertz CT molecular complexity index is 198. The largest absolute Gasteiger partial charge is 0.356 e. The molecule has 0 aliphatic rings. The third-order valence-electron chi connectivity index (χ3n) is 3.30. The van der Waals surface area contributed by atoms with Crippen LogP contribution in [0.25, 0.3) is 0 Å². The van der Waals surface area contributed by atoms with Crippen molar-refractivity contribution in [2.45, 2.75) is 53.4 Å². The number of nitrogens with two attached hydrogens (primary N) is 1. The van der Waals surface area contributed by atoms with Crippen LogP contribution >= 0.6 is 0 Å². The van der Waals surface area contributed by atoms with Gasteiger partial charge >= 0.3 is 0 Å². The molecule has 1 amide bonds. The first-order valence-corrected chi connectivity index (χ1v) is 6.50. The van der Waals surface area contributed by atoms with Crippen molar-refractivity contribution in [3.05, 3.63) is 0 Å². The van der Waals surface area contributed by atoms with Crippen molar-refractivity contribution in [1.82, 2.24) is 5.32 Å². The van der Waals surface area contributed by atoms with Crippen molar-refractivity contribution >= 4 is 5.91 Å². The summed E-state index contributed by atoms with van der Waals surface area (Å²) >= 11 is 0. The molecule has 0 radical (unpaired) electrons. The van der Waals surface area contributed by atoms with Crippen molar-refractivity contribution in [2.75, 3.05) is 13.1 Å². The number of carbonyl (C=O) groups excluding carboxylic acids is 1. The van der Waals surface area contributed by atoms with Gasteiger partial charge in [-0.3, -0.25) is 4.79 Å². The molecule has 0 atom stereocenters. The lowest BCUT2D eigenvalue weighted by Crippen LogP contribution is -2.42. The summed E-state index contributed by atoms with van der Waals surface area (Å²) in [6.07, 6.45) is 3.65. The van der Waals surface area contributed by atoms with E-state index in [0.717, 1.165) is 25.7 Å². The van der Waals surface area contributed by atoms with Crippen LogP contribution in [0.5, 0.6) is 0 Å². The minimum atomic E-state index is -0.178. The first-order valence-electron chi connectivity index (χ1n) is 6.50. The third kappa shape index (κ3) is 4.52. The van der Waals surface area contributed by atoms with E-state index in [1.165, 1.54) is 0 Å². The molecule has 0 spiro atoms. The van der Waals surface area contributed by atoms with Gasteiger partial charge in [0.05, 0.1) is 0 Å². The second-order valence-corrected chi connectivity index (χ2v) is 4.98. The number of carbonyl (C=O) groups is 1. The number of rotatable bonds is 8. The number of amides is 1. The Balaban J connectivity index is 4.43. The summed E-state index contributed by atoms with van der Waals surface area (Å²) in [4.78, 5) is 12.2. The highest BCUT2D eigenvalue weighted by molar-refractivity contribution is 5.82. The van der Waals surface area contributed by atoms with Crippen LogP contribution < -0.4 is 11.1 Å². The Morgan fingerprint density at radius 2 is 1.88 bits per heavy atom. The Morgan fingerprint density at radius 1 is 1.31 bits per heavy atom. The van der Waals surface area contributed by atoms with Gasteiger partial charge in [0.2, 0.25) is 5.91 Å². The standard InChI is InChI=1S/C13H28N2O/c1-5-13(6-2,10-11(3)4)12(16)15-9-7-8-14/h11H,5-10,14H2,1-4H3,(H,15,16). The van der Waals surface area contributed by atoms with Gasteiger partial charge in [0.1, 0.15) is 0 Å². The van der Waals surface area contributed by atoms with Crippen LogP contribution in [0.2, 0.25) is 0 Å². The molecule has 0 aromatic heterocycles. The van der Waals surface area contributed by atoms with Crippen LogP contribution in [0.3, 0.4) is 0 Å². The van der Waals surface area contributed by atoms with E-state index < -0.39 is 0 Å². The van der Waals surface area contributed by atoms with E-state index in [0.29, 0.717) is 19.0 Å². The number of nitrogens with one attached hydrogen (secondary N) is 1. The Labute approximate surface area is 100 Å². The maximum absolute atomic E-state index is 12.2. The van der Waals surface area contributed by atoms with Crippen LogP contribution in [0, 0.1) is 11.3 Å². The summed E-state index contributed by atoms with van der Waals surface area (Å²) in [5.74, 6) is 0.764. The van der Waals surface area contributed by atoms with Gasteiger partial charge in [-0.1, -0.05) is 27.7 Å². The molecule has 0 bridgehead atoms. The van der Waals surface area contributed by atoms with Crippen LogP contribution in [0.1, 0.15) is 53.4 Å². The fourth-order valence-electron chi connectivity index (χ4n) is 2.23. The van der Waals surface area contributed by atoms with Crippen molar-refractivity contribution in [1.29, 1.82) is 0 Å². The minimum Gasteiger partial charge on any atom is -0.356 e. The number of hydrogen-bond acceptors (Lipinski definition) is 2. The SMILES string of the molecule is CCC(CC)(CC(C)C)C(=O)NCCCN. The summed E-state index contributed by atoms with van der Waals surface area (Å²) in [5, 5.41) is 3.01. The van der Waals surface area contributed by atoms with Gasteiger partial charge in [0.15, 0.2) is 0 Å². The molecule has 0 fully saturated rings. The molecule has 0 rings (SSSR count). The molecule has 0 saturated heterocycles. The average Bonchev–Trinajstić information content (AvgIpc) is 2.25. The van der Waals surface area contributed by atoms with E-state index in [2.05, 4.69) is 33.0 Å². The van der Waals surface area contributed by atoms with Crippen molar-refractivity contribution < 1.29 is 4.79 Å². The summed E-state index contributed by atoms with van der Waals surface area (Å²) < 4.78 is 0. The predicted octanol–water partition coefficient (Wildman–Crippen LogP) is 2.30. The fourth-order valence-corrected chi connectivity index (χ4v) is 2.23. The Morgan fingerprint density at radius 3 is 2.25 bits per heavy atom. The van der Waals surface area contributed by atoms with E-state index in [-0.39, 0.29) is 11.3 Å². The molecule has 0 unspecified atom stereocenters. The van der Waals surface area contributed by atoms with E-state index in [1.54, 1.807) is 0 Å². The zero-order chi connectivity index (χ0) is 12.6. The third-order valence-corrected chi connectivity index (χ3v) is 3.30. The molecular formula is C13H28N2O. The smallest absolute Gasteiger partial charge is 0.226 e. The lowest BCUT2D eigenvalue weighted by molar-refractivity contribution is -0.132. The van der Waals surface area contributed by atoms with E-state index in [1.807, 2.05) is 0 Å². The van der Waals surface area contributed by atoms with Gasteiger partial charge in [-0.05, 0) is 38.1 Å². The first kappa shape index (κ1) is 15.4. The molecule has 96 valence electrons. The number of hydrogen-bond donors (Lipinski definition) is 2. The maximum atomic E-state index is 12.2. The lowest BCUT2D eigenvalue weighted by Gasteiger charge is -2.32. The maximum Gasteiger partial charge on any atom is 0.226 e. The first-order chi connectivity index (χ1) is 7.52. The topological polar surface area (TPSA) is 55.1 Å². The summed E-state index contributed by atoms with van der Waals surface area (Å²) in [7, 11) is 0. The van der Waals surface area contributed by atoms with E-state index in [9.17, 15) is 4.79 Å².